The largest absolute Gasteiger partial charge is 0 e. The van der Waals surface area contributed by atoms with Gasteiger partial charge in [0.05, 0.1) is 14.2 Å². The maximum Gasteiger partial charge on any atom is 0 e. The van der Waals surface area contributed by atoms with Gasteiger partial charge in [0, 0.05) is 34.2 Å². The quantitative estimate of drug-likeness (QED) is 0.284. The third-order valence-corrected chi connectivity index (χ3v) is 5.00. The van der Waals surface area contributed by atoms with Crippen LogP contribution in [0.25, 0.3) is 0 Å². The predicted molar refractivity (Wildman–Crippen MR) is 96.3 cm³/mol. The second-order valence-corrected chi connectivity index (χ2v) is 6.40. The fourth-order valence-electron chi connectivity index (χ4n) is 2.46. The Morgan fingerprint density at radius 2 is 1.23 bits per heavy atom. The van der Waals surface area contributed by atoms with E-state index in [0.29, 0.717) is 11.1 Å². The molecule has 0 N–H and O–H groups in total. The molecule has 31 heavy (non-hydrogen) atoms. The average molecular weight is 622 g/mol. The molecule has 0 aromatic carbocycles. The molecule has 0 aliphatic carbocycles. The van der Waals surface area contributed by atoms with Crippen LogP contribution in [0, 0.1) is 33.3 Å². The summed E-state index contributed by atoms with van der Waals surface area (Å²) in [5.41, 5.74) is 0.287. The Kier molecular flexibility index (Phi) is 35.3. The number of anilines is 1. The van der Waals surface area contributed by atoms with Crippen molar-refractivity contribution in [3.8, 4) is 0 Å². The third-order valence-electron chi connectivity index (χ3n) is 3.45. The number of carbonyl (C=O) groups is 2. The minimum Gasteiger partial charge on any atom is 0 e. The van der Waals surface area contributed by atoms with Crippen molar-refractivity contribution in [2.75, 3.05) is 32.2 Å². The summed E-state index contributed by atoms with van der Waals surface area (Å²) in [6.45, 7) is 26.1. The fraction of sp³-hybridized carbons (Fsp3) is 0.444. The normalized spacial score (nSPS) is 10.6. The first-order valence-electron chi connectivity index (χ1n) is 7.60. The zero-order valence-corrected chi connectivity index (χ0v) is 20.8. The van der Waals surface area contributed by atoms with Crippen molar-refractivity contribution >= 4 is 25.4 Å². The monoisotopic (exact) mass is 622 g/mol. The van der Waals surface area contributed by atoms with Crippen molar-refractivity contribution in [2.24, 2.45) is 6.66 Å². The average Bonchev–Trinajstić information content (AvgIpc) is 3.22. The predicted octanol–water partition coefficient (Wildman–Crippen LogP) is 1.98. The molecule has 13 heteroatoms. The molecule has 1 aromatic rings. The van der Waals surface area contributed by atoms with Gasteiger partial charge >= 0.3 is 68.5 Å². The summed E-state index contributed by atoms with van der Waals surface area (Å²) >= 11 is 0. The molecule has 1 saturated heterocycles. The standard InChI is InChI=1S/C13H19N2O4P.5CO.W/c1-18-12(16)9-10(13(17)19-2)20(3)14-11(9)15-7-5-4-6-8-15;5*1-2;/h4-8H2,1-3H3;;;;;;. The molecule has 1 fully saturated rings. The number of hydrogen-bond donors (Lipinski definition) is 0. The summed E-state index contributed by atoms with van der Waals surface area (Å²) in [7, 11) is 1.56. The number of hydrogen-bond acceptors (Lipinski definition) is 6. The minimum absolute atomic E-state index is 0. The summed E-state index contributed by atoms with van der Waals surface area (Å²) in [5.74, 6) is -0.401. The van der Waals surface area contributed by atoms with Gasteiger partial charge in [-0.3, -0.25) is 0 Å². The van der Waals surface area contributed by atoms with Gasteiger partial charge in [0.2, 0.25) is 0 Å². The van der Waals surface area contributed by atoms with E-state index >= 15 is 0 Å². The van der Waals surface area contributed by atoms with Gasteiger partial charge in [-0.1, -0.05) is 0 Å². The van der Waals surface area contributed by atoms with Gasteiger partial charge in [0.1, 0.15) is 16.7 Å². The summed E-state index contributed by atoms with van der Waals surface area (Å²) < 4.78 is 51.7. The molecular weight excluding hydrogens is 603 g/mol. The number of esters is 2. The molecule has 1 aliphatic rings. The summed E-state index contributed by atoms with van der Waals surface area (Å²) in [6, 6.07) is 0. The molecule has 0 amide bonds. The summed E-state index contributed by atoms with van der Waals surface area (Å²) in [4.78, 5) is 26.1. The van der Waals surface area contributed by atoms with Gasteiger partial charge < -0.3 is 14.4 Å². The van der Waals surface area contributed by atoms with Crippen LogP contribution < -0.4 is 4.90 Å². The van der Waals surface area contributed by atoms with E-state index in [2.05, 4.69) is 42.9 Å². The second kappa shape index (κ2) is 27.8. The summed E-state index contributed by atoms with van der Waals surface area (Å²) in [5, 5.41) is 0.356. The van der Waals surface area contributed by atoms with Crippen molar-refractivity contribution in [3.63, 3.8) is 0 Å². The van der Waals surface area contributed by atoms with Crippen molar-refractivity contribution in [2.45, 2.75) is 19.3 Å². The smallest absolute Gasteiger partial charge is 0 e. The topological polar surface area (TPSA) is 168 Å². The van der Waals surface area contributed by atoms with Crippen LogP contribution in [0.3, 0.4) is 0 Å². The molecule has 0 spiro atoms. The molecule has 166 valence electrons. The molecule has 11 nitrogen and oxygen atoms in total. The zero-order valence-electron chi connectivity index (χ0n) is 17.0. The molecule has 2 rings (SSSR count). The maximum absolute atomic E-state index is 12.1. The number of aromatic nitrogens is 1. The molecule has 0 radical (unpaired) electrons. The third kappa shape index (κ3) is 13.0. The van der Waals surface area contributed by atoms with Crippen LogP contribution in [-0.4, -0.2) is 44.0 Å². The van der Waals surface area contributed by atoms with Gasteiger partial charge in [-0.05, 0) is 33.6 Å². The molecule has 1 atom stereocenters. The fourth-order valence-corrected chi connectivity index (χ4v) is 3.94. The molecule has 1 aliphatic heterocycles. The van der Waals surface area contributed by atoms with Crippen LogP contribution in [0.1, 0.15) is 39.7 Å². The number of carbonyl (C=O) groups excluding carboxylic acids is 2. The molecule has 0 bridgehead atoms. The number of methoxy groups -OCH3 is 2. The van der Waals surface area contributed by atoms with Gasteiger partial charge in [0.25, 0.3) is 0 Å². The van der Waals surface area contributed by atoms with E-state index in [0.717, 1.165) is 25.9 Å². The molecule has 2 heterocycles. The number of ether oxygens (including phenoxy) is 2. The maximum atomic E-state index is 12.1. The van der Waals surface area contributed by atoms with Gasteiger partial charge in [-0.25, -0.2) is 14.3 Å². The van der Waals surface area contributed by atoms with Crippen molar-refractivity contribution in [3.05, 3.63) is 44.1 Å². The van der Waals surface area contributed by atoms with E-state index in [-0.39, 0.29) is 26.6 Å². The number of aryl methyl sites for hydroxylation is 1. The first-order valence-corrected chi connectivity index (χ1v) is 9.35. The first-order chi connectivity index (χ1) is 14.6. The van der Waals surface area contributed by atoms with Gasteiger partial charge in [-0.2, -0.15) is 0 Å². The number of piperidine rings is 1. The minimum atomic E-state index is -1.06. The Morgan fingerprint density at radius 3 is 1.58 bits per heavy atom. The van der Waals surface area contributed by atoms with Crippen molar-refractivity contribution in [1.82, 2.24) is 4.75 Å². The first kappa shape index (κ1) is 39.3. The van der Waals surface area contributed by atoms with Crippen molar-refractivity contribution in [1.29, 1.82) is 0 Å². The van der Waals surface area contributed by atoms with Gasteiger partial charge in [-0.15, -0.1) is 0 Å². The van der Waals surface area contributed by atoms with Crippen molar-refractivity contribution < 1.29 is 63.4 Å². The van der Waals surface area contributed by atoms with Crippen LogP contribution in [0.5, 0.6) is 0 Å². The Morgan fingerprint density at radius 1 is 0.839 bits per heavy atom. The zero-order chi connectivity index (χ0) is 24.7. The van der Waals surface area contributed by atoms with Crippen LogP contribution in [0.4, 0.5) is 5.82 Å². The van der Waals surface area contributed by atoms with E-state index in [1.54, 1.807) is 0 Å². The van der Waals surface area contributed by atoms with E-state index in [1.807, 2.05) is 6.66 Å². The molecule has 0 saturated carbocycles. The number of rotatable bonds is 3. The Hall–Kier alpha value is -2.16. The molecule has 1 unspecified atom stereocenters. The second-order valence-electron chi connectivity index (χ2n) is 4.70. The molecule has 1 aromatic heterocycles. The summed E-state index contributed by atoms with van der Waals surface area (Å²) in [6.07, 6.45) is 3.33. The van der Waals surface area contributed by atoms with Gasteiger partial charge in [0.15, 0.2) is 0 Å². The van der Waals surface area contributed by atoms with E-state index in [9.17, 15) is 9.59 Å². The number of nitrogens with zero attached hydrogens (tertiary/aromatic N) is 2. The van der Waals surface area contributed by atoms with E-state index in [4.69, 9.17) is 32.7 Å². The van der Waals surface area contributed by atoms with E-state index in [1.165, 1.54) is 20.6 Å². The SMILES string of the molecule is COC(=O)c1c(N2CCCCC2)np(C)c1C(=O)OC.[C-]#[O+].[C-]#[O+].[C-]#[O+].[C-]#[O+].[C-]#[O+].[W]. The van der Waals surface area contributed by atoms with Crippen LogP contribution in [0.15, 0.2) is 0 Å². The van der Waals surface area contributed by atoms with Crippen LogP contribution >= 0.6 is 7.69 Å². The van der Waals surface area contributed by atoms with Crippen LogP contribution in [-0.2, 0) is 60.5 Å². The van der Waals surface area contributed by atoms with Crippen LogP contribution in [0.2, 0.25) is 0 Å². The molecular formula is C18H19N2O9PW. The Balaban J connectivity index is -0.000000180. The Labute approximate surface area is 195 Å². The Bertz CT molecular complexity index is 698. The van der Waals surface area contributed by atoms with E-state index < -0.39 is 19.6 Å².